The summed E-state index contributed by atoms with van der Waals surface area (Å²) in [4.78, 5) is 12.3. The number of rotatable bonds is 7. The van der Waals surface area contributed by atoms with Crippen LogP contribution in [-0.4, -0.2) is 25.5 Å². The van der Waals surface area contributed by atoms with Crippen LogP contribution in [0.2, 0.25) is 0 Å². The maximum atomic E-state index is 13.2. The van der Waals surface area contributed by atoms with Gasteiger partial charge in [-0.2, -0.15) is 0 Å². The van der Waals surface area contributed by atoms with Crippen molar-refractivity contribution in [2.45, 2.75) is 25.9 Å². The van der Waals surface area contributed by atoms with Crippen LogP contribution in [0.15, 0.2) is 48.5 Å². The minimum Gasteiger partial charge on any atom is -0.489 e. The monoisotopic (exact) mass is 356 g/mol. The Morgan fingerprint density at radius 1 is 1.23 bits per heavy atom. The lowest BCUT2D eigenvalue weighted by Crippen LogP contribution is -2.33. The molecule has 5 heteroatoms. The van der Waals surface area contributed by atoms with Crippen molar-refractivity contribution >= 4 is 5.91 Å². The van der Waals surface area contributed by atoms with Crippen molar-refractivity contribution in [3.05, 3.63) is 65.5 Å². The third-order valence-corrected chi connectivity index (χ3v) is 4.63. The summed E-state index contributed by atoms with van der Waals surface area (Å²) < 4.78 is 18.8. The first kappa shape index (κ1) is 18.4. The number of carbonyl (C=O) groups excluding carboxylic acids is 1. The highest BCUT2D eigenvalue weighted by molar-refractivity contribution is 5.94. The van der Waals surface area contributed by atoms with Gasteiger partial charge in [-0.3, -0.25) is 4.79 Å². The highest BCUT2D eigenvalue weighted by Crippen LogP contribution is 2.15. The summed E-state index contributed by atoms with van der Waals surface area (Å²) in [6.45, 7) is 3.13. The molecule has 2 N–H and O–H groups in total. The van der Waals surface area contributed by atoms with E-state index in [0.717, 1.165) is 25.1 Å². The van der Waals surface area contributed by atoms with Crippen LogP contribution in [0.4, 0.5) is 4.39 Å². The maximum Gasteiger partial charge on any atom is 0.251 e. The molecule has 1 heterocycles. The number of halogens is 1. The largest absolute Gasteiger partial charge is 0.489 e. The fourth-order valence-electron chi connectivity index (χ4n) is 3.19. The second-order valence-electron chi connectivity index (χ2n) is 6.70. The molecule has 1 fully saturated rings. The predicted molar refractivity (Wildman–Crippen MR) is 99.7 cm³/mol. The molecule has 0 aromatic heterocycles. The predicted octanol–water partition coefficient (Wildman–Crippen LogP) is 3.52. The summed E-state index contributed by atoms with van der Waals surface area (Å²) in [5.41, 5.74) is 1.49. The Morgan fingerprint density at radius 3 is 2.92 bits per heavy atom. The average molecular weight is 356 g/mol. The molecule has 1 aliphatic heterocycles. The summed E-state index contributed by atoms with van der Waals surface area (Å²) >= 11 is 0. The van der Waals surface area contributed by atoms with Gasteiger partial charge in [0.05, 0.1) is 0 Å². The van der Waals surface area contributed by atoms with E-state index in [4.69, 9.17) is 4.74 Å². The standard InChI is InChI=1S/C21H25FN2O2/c22-19-7-2-8-20(13-19)26-15-17-4-1-6-18(12-17)21(25)24-11-9-16-5-3-10-23-14-16/h1-2,4,6-8,12-13,16,23H,3,5,9-11,14-15H2,(H,24,25). The number of ether oxygens (including phenoxy) is 1. The van der Waals surface area contributed by atoms with Gasteiger partial charge in [0.1, 0.15) is 18.2 Å². The highest BCUT2D eigenvalue weighted by Gasteiger charge is 2.13. The minimum absolute atomic E-state index is 0.0682. The zero-order valence-corrected chi connectivity index (χ0v) is 14.8. The zero-order valence-electron chi connectivity index (χ0n) is 14.8. The number of nitrogens with one attached hydrogen (secondary N) is 2. The molecule has 1 amide bonds. The van der Waals surface area contributed by atoms with Crippen molar-refractivity contribution in [2.24, 2.45) is 5.92 Å². The fraction of sp³-hybridized carbons (Fsp3) is 0.381. The van der Waals surface area contributed by atoms with Crippen LogP contribution in [0.5, 0.6) is 5.75 Å². The summed E-state index contributed by atoms with van der Waals surface area (Å²) in [6, 6.07) is 13.4. The number of benzene rings is 2. The smallest absolute Gasteiger partial charge is 0.251 e. The van der Waals surface area contributed by atoms with Crippen LogP contribution in [0.25, 0.3) is 0 Å². The van der Waals surface area contributed by atoms with Gasteiger partial charge in [-0.05, 0) is 68.1 Å². The van der Waals surface area contributed by atoms with Crippen molar-refractivity contribution in [3.63, 3.8) is 0 Å². The Kier molecular flexibility index (Phi) is 6.61. The van der Waals surface area contributed by atoms with Crippen molar-refractivity contribution in [3.8, 4) is 5.75 Å². The summed E-state index contributed by atoms with van der Waals surface area (Å²) in [5.74, 6) is 0.723. The van der Waals surface area contributed by atoms with Gasteiger partial charge in [0.15, 0.2) is 0 Å². The van der Waals surface area contributed by atoms with E-state index < -0.39 is 0 Å². The molecule has 2 aromatic rings. The van der Waals surface area contributed by atoms with Gasteiger partial charge in [-0.25, -0.2) is 4.39 Å². The van der Waals surface area contributed by atoms with Crippen LogP contribution < -0.4 is 15.4 Å². The molecule has 3 rings (SSSR count). The van der Waals surface area contributed by atoms with Crippen LogP contribution in [0.3, 0.4) is 0 Å². The zero-order chi connectivity index (χ0) is 18.2. The van der Waals surface area contributed by atoms with Gasteiger partial charge in [0.25, 0.3) is 5.91 Å². The first-order valence-corrected chi connectivity index (χ1v) is 9.17. The number of amides is 1. The molecular formula is C21H25FN2O2. The Bertz CT molecular complexity index is 729. The molecule has 0 radical (unpaired) electrons. The molecule has 1 saturated heterocycles. The lowest BCUT2D eigenvalue weighted by atomic mass is 9.96. The van der Waals surface area contributed by atoms with E-state index in [1.54, 1.807) is 18.2 Å². The van der Waals surface area contributed by atoms with Crippen LogP contribution in [0.1, 0.15) is 35.2 Å². The molecule has 2 aromatic carbocycles. The van der Waals surface area contributed by atoms with Crippen LogP contribution >= 0.6 is 0 Å². The lowest BCUT2D eigenvalue weighted by molar-refractivity contribution is 0.0950. The lowest BCUT2D eigenvalue weighted by Gasteiger charge is -2.22. The molecule has 1 unspecified atom stereocenters. The molecule has 26 heavy (non-hydrogen) atoms. The van der Waals surface area contributed by atoms with E-state index in [0.29, 0.717) is 23.8 Å². The van der Waals surface area contributed by atoms with E-state index in [1.165, 1.54) is 25.0 Å². The molecule has 0 bridgehead atoms. The third kappa shape index (κ3) is 5.56. The molecule has 138 valence electrons. The summed E-state index contributed by atoms with van der Waals surface area (Å²) in [5, 5.41) is 6.39. The van der Waals surface area contributed by atoms with Crippen molar-refractivity contribution in [1.82, 2.24) is 10.6 Å². The fourth-order valence-corrected chi connectivity index (χ4v) is 3.19. The van der Waals surface area contributed by atoms with Crippen LogP contribution in [-0.2, 0) is 6.61 Å². The highest BCUT2D eigenvalue weighted by atomic mass is 19.1. The summed E-state index contributed by atoms with van der Waals surface area (Å²) in [6.07, 6.45) is 3.45. The average Bonchev–Trinajstić information content (AvgIpc) is 2.67. The molecular weight excluding hydrogens is 331 g/mol. The number of carbonyl (C=O) groups is 1. The third-order valence-electron chi connectivity index (χ3n) is 4.63. The van der Waals surface area contributed by atoms with E-state index >= 15 is 0 Å². The SMILES string of the molecule is O=C(NCCC1CCCNC1)c1cccc(COc2cccc(F)c2)c1. The Morgan fingerprint density at radius 2 is 2.12 bits per heavy atom. The quantitative estimate of drug-likeness (QED) is 0.798. The van der Waals surface area contributed by atoms with E-state index in [1.807, 2.05) is 18.2 Å². The normalized spacial score (nSPS) is 16.9. The molecule has 4 nitrogen and oxygen atoms in total. The first-order valence-electron chi connectivity index (χ1n) is 9.17. The Hall–Kier alpha value is -2.40. The molecule has 0 spiro atoms. The topological polar surface area (TPSA) is 50.4 Å². The van der Waals surface area contributed by atoms with Gasteiger partial charge in [0, 0.05) is 18.2 Å². The Labute approximate surface area is 153 Å². The Balaban J connectivity index is 1.48. The molecule has 1 atom stereocenters. The second kappa shape index (κ2) is 9.34. The minimum atomic E-state index is -0.330. The second-order valence-corrected chi connectivity index (χ2v) is 6.70. The molecule has 0 aliphatic carbocycles. The maximum absolute atomic E-state index is 13.2. The van der Waals surface area contributed by atoms with Gasteiger partial charge in [-0.1, -0.05) is 18.2 Å². The summed E-state index contributed by atoms with van der Waals surface area (Å²) in [7, 11) is 0. The first-order chi connectivity index (χ1) is 12.7. The van der Waals surface area contributed by atoms with Crippen LogP contribution in [0, 0.1) is 11.7 Å². The van der Waals surface area contributed by atoms with Gasteiger partial charge in [0.2, 0.25) is 0 Å². The van der Waals surface area contributed by atoms with Crippen molar-refractivity contribution < 1.29 is 13.9 Å². The molecule has 0 saturated carbocycles. The van der Waals surface area contributed by atoms with Gasteiger partial charge >= 0.3 is 0 Å². The van der Waals surface area contributed by atoms with Crippen molar-refractivity contribution in [2.75, 3.05) is 19.6 Å². The van der Waals surface area contributed by atoms with Gasteiger partial charge in [-0.15, -0.1) is 0 Å². The number of hydrogen-bond donors (Lipinski definition) is 2. The van der Waals surface area contributed by atoms with E-state index in [2.05, 4.69) is 10.6 Å². The van der Waals surface area contributed by atoms with E-state index in [-0.39, 0.29) is 18.3 Å². The van der Waals surface area contributed by atoms with Crippen molar-refractivity contribution in [1.29, 1.82) is 0 Å². The van der Waals surface area contributed by atoms with Gasteiger partial charge < -0.3 is 15.4 Å². The number of piperidine rings is 1. The number of hydrogen-bond acceptors (Lipinski definition) is 3. The van der Waals surface area contributed by atoms with E-state index in [9.17, 15) is 9.18 Å². The molecule has 1 aliphatic rings.